The Bertz CT molecular complexity index is 2100. The molecule has 0 N–H and O–H groups in total. The summed E-state index contributed by atoms with van der Waals surface area (Å²) in [5.41, 5.74) is 15.0. The van der Waals surface area contributed by atoms with Crippen LogP contribution in [0.2, 0.25) is 9.26 Å². The summed E-state index contributed by atoms with van der Waals surface area (Å²) >= 11 is -3.12. The summed E-state index contributed by atoms with van der Waals surface area (Å²) in [6.07, 6.45) is 0. The third kappa shape index (κ3) is 4.03. The van der Waals surface area contributed by atoms with E-state index in [0.29, 0.717) is 7.25 Å². The topological polar surface area (TPSA) is 0 Å². The molecule has 232 valence electrons. The summed E-state index contributed by atoms with van der Waals surface area (Å²) in [7, 11) is -2.92. The standard InChI is InChI=1S/C44H34Si.2CH3.Zr/c1-31-29-35-21-15-27-39(33-17-7-3-8-18-33)41(35)43(31)45(37-23-11-5-12-24-37,38-25-13-6-14-26-38)44-32(2)30-36-22-16-28-40(42(36)44)34-19-9-4-10-20-34;;;/h3-30H,1-2H3;2*1H3;. The molecule has 0 amide bonds. The van der Waals surface area contributed by atoms with Gasteiger partial charge in [0.05, 0.1) is 0 Å². The molecule has 2 aliphatic carbocycles. The van der Waals surface area contributed by atoms with E-state index in [1.54, 1.807) is 32.7 Å². The predicted octanol–water partition coefficient (Wildman–Crippen LogP) is 11.0. The van der Waals surface area contributed by atoms with Crippen molar-refractivity contribution in [1.29, 1.82) is 0 Å². The molecule has 3 aliphatic rings. The van der Waals surface area contributed by atoms with E-state index in [2.05, 4.69) is 181 Å². The van der Waals surface area contributed by atoms with Crippen molar-refractivity contribution < 1.29 is 20.3 Å². The van der Waals surface area contributed by atoms with Gasteiger partial charge < -0.3 is 0 Å². The Morgan fingerprint density at radius 2 is 0.771 bits per heavy atom. The summed E-state index contributed by atoms with van der Waals surface area (Å²) in [4.78, 5) is 0. The molecule has 1 aliphatic heterocycles. The van der Waals surface area contributed by atoms with Crippen molar-refractivity contribution >= 4 is 28.8 Å². The van der Waals surface area contributed by atoms with Crippen LogP contribution in [0.15, 0.2) is 169 Å². The van der Waals surface area contributed by atoms with Crippen LogP contribution in [0, 0.1) is 0 Å². The van der Waals surface area contributed by atoms with Crippen molar-refractivity contribution in [2.24, 2.45) is 0 Å². The van der Waals surface area contributed by atoms with Crippen molar-refractivity contribution in [2.45, 2.75) is 30.4 Å². The molecular formula is C46H40SiZr. The fraction of sp³-hybridized carbons (Fsp3) is 0.130. The molecule has 0 saturated carbocycles. The van der Waals surface area contributed by atoms with Gasteiger partial charge in [0.15, 0.2) is 0 Å². The maximum absolute atomic E-state index is 3.12. The first kappa shape index (κ1) is 30.0. The summed E-state index contributed by atoms with van der Waals surface area (Å²) in [5, 5.41) is 6.26. The Morgan fingerprint density at radius 1 is 0.417 bits per heavy atom. The van der Waals surface area contributed by atoms with Crippen molar-refractivity contribution in [3.8, 4) is 22.3 Å². The van der Waals surface area contributed by atoms with E-state index in [4.69, 9.17) is 0 Å². The van der Waals surface area contributed by atoms with Crippen LogP contribution in [0.3, 0.4) is 0 Å². The SMILES string of the molecule is CC1=C2c3c(-c4ccccc4)cccc3[CH]1[Zr]([CH3])([CH3])[CH]1C(C)=C(c3c(-c4ccccc4)cccc31)[Si]2(c1ccccc1)c1ccccc1. The molecule has 0 fully saturated rings. The number of hydrogen-bond acceptors (Lipinski definition) is 0. The molecule has 0 spiro atoms. The van der Waals surface area contributed by atoms with Gasteiger partial charge in [0, 0.05) is 0 Å². The minimum atomic E-state index is -3.12. The van der Waals surface area contributed by atoms with Gasteiger partial charge in [-0.1, -0.05) is 0 Å². The molecule has 0 nitrogen and oxygen atoms in total. The molecule has 1 heterocycles. The van der Waals surface area contributed by atoms with Gasteiger partial charge >= 0.3 is 293 Å². The van der Waals surface area contributed by atoms with Crippen molar-refractivity contribution in [3.05, 3.63) is 191 Å². The number of rotatable bonds is 4. The van der Waals surface area contributed by atoms with Crippen molar-refractivity contribution in [1.82, 2.24) is 0 Å². The zero-order valence-electron chi connectivity index (χ0n) is 28.2. The van der Waals surface area contributed by atoms with Crippen molar-refractivity contribution in [3.63, 3.8) is 0 Å². The molecule has 48 heavy (non-hydrogen) atoms. The molecule has 6 aromatic carbocycles. The van der Waals surface area contributed by atoms with E-state index in [1.165, 1.54) is 43.8 Å². The Morgan fingerprint density at radius 3 is 1.15 bits per heavy atom. The third-order valence-corrected chi connectivity index (χ3v) is 28.0. The first-order chi connectivity index (χ1) is 23.5. The second kappa shape index (κ2) is 11.2. The van der Waals surface area contributed by atoms with E-state index < -0.39 is 28.3 Å². The fourth-order valence-corrected chi connectivity index (χ4v) is 29.1. The molecule has 2 heteroatoms. The van der Waals surface area contributed by atoms with Gasteiger partial charge in [-0.3, -0.25) is 0 Å². The zero-order valence-corrected chi connectivity index (χ0v) is 31.6. The second-order valence-electron chi connectivity index (χ2n) is 14.6. The van der Waals surface area contributed by atoms with E-state index in [0.717, 1.165) is 0 Å². The zero-order chi connectivity index (χ0) is 32.6. The summed E-state index contributed by atoms with van der Waals surface area (Å²) in [5.74, 6) is 0. The number of benzene rings is 6. The van der Waals surface area contributed by atoms with E-state index in [-0.39, 0.29) is 0 Å². The van der Waals surface area contributed by atoms with Gasteiger partial charge in [-0.2, -0.15) is 0 Å². The van der Waals surface area contributed by atoms with Crippen LogP contribution >= 0.6 is 0 Å². The van der Waals surface area contributed by atoms with Gasteiger partial charge in [-0.15, -0.1) is 0 Å². The van der Waals surface area contributed by atoms with Crippen LogP contribution in [0.1, 0.15) is 43.4 Å². The van der Waals surface area contributed by atoms with Gasteiger partial charge in [0.2, 0.25) is 0 Å². The van der Waals surface area contributed by atoms with Crippen LogP contribution < -0.4 is 10.4 Å². The number of hydrogen-bond donors (Lipinski definition) is 0. The van der Waals surface area contributed by atoms with Gasteiger partial charge in [-0.25, -0.2) is 0 Å². The molecule has 4 bridgehead atoms. The molecular weight excluding hydrogens is 672 g/mol. The molecule has 2 atom stereocenters. The summed E-state index contributed by atoms with van der Waals surface area (Å²) < 4.78 is 6.53. The van der Waals surface area contributed by atoms with E-state index >= 15 is 0 Å². The van der Waals surface area contributed by atoms with Gasteiger partial charge in [0.25, 0.3) is 0 Å². The van der Waals surface area contributed by atoms with Crippen LogP contribution in [-0.2, 0) is 20.3 Å². The van der Waals surface area contributed by atoms with Crippen LogP contribution in [-0.4, -0.2) is 8.07 Å². The summed E-state index contributed by atoms with van der Waals surface area (Å²) in [6, 6.07) is 60.3. The minimum absolute atomic E-state index is 0.500. The Kier molecular flexibility index (Phi) is 7.02. The predicted molar refractivity (Wildman–Crippen MR) is 204 cm³/mol. The first-order valence-corrected chi connectivity index (χ1v) is 27.1. The molecule has 0 aromatic heterocycles. The molecule has 0 saturated heterocycles. The third-order valence-electron chi connectivity index (χ3n) is 11.8. The van der Waals surface area contributed by atoms with Gasteiger partial charge in [0.1, 0.15) is 0 Å². The van der Waals surface area contributed by atoms with E-state index in [9.17, 15) is 0 Å². The Hall–Kier alpha value is -4.10. The van der Waals surface area contributed by atoms with Crippen molar-refractivity contribution in [2.75, 3.05) is 0 Å². The normalized spacial score (nSPS) is 19.8. The molecule has 6 aromatic rings. The molecule has 9 rings (SSSR count). The Labute approximate surface area is 290 Å². The second-order valence-corrected chi connectivity index (χ2v) is 30.0. The fourth-order valence-electron chi connectivity index (χ4n) is 10.3. The first-order valence-electron chi connectivity index (χ1n) is 17.4. The van der Waals surface area contributed by atoms with Crippen LogP contribution in [0.25, 0.3) is 32.6 Å². The average Bonchev–Trinajstić information content (AvgIpc) is 3.63. The number of allylic oxidation sites excluding steroid dienone is 2. The molecule has 2 unspecified atom stereocenters. The van der Waals surface area contributed by atoms with Crippen LogP contribution in [0.5, 0.6) is 0 Å². The van der Waals surface area contributed by atoms with E-state index in [1.807, 2.05) is 0 Å². The average molecular weight is 712 g/mol. The maximum atomic E-state index is 2.76. The monoisotopic (exact) mass is 710 g/mol. The Balaban J connectivity index is 1.52. The van der Waals surface area contributed by atoms with Crippen LogP contribution in [0.4, 0.5) is 0 Å². The number of fused-ring (bicyclic) bond motifs is 8. The quantitative estimate of drug-likeness (QED) is 0.160. The van der Waals surface area contributed by atoms with Gasteiger partial charge in [-0.05, 0) is 0 Å². The molecule has 0 radical (unpaired) electrons. The summed E-state index contributed by atoms with van der Waals surface area (Å²) in [6.45, 7) is 5.09.